The van der Waals surface area contributed by atoms with E-state index in [4.69, 9.17) is 0 Å². The third-order valence-corrected chi connectivity index (χ3v) is 8.07. The molecule has 1 saturated carbocycles. The highest BCUT2D eigenvalue weighted by Gasteiger charge is 2.50. The fourth-order valence-corrected chi connectivity index (χ4v) is 6.68. The van der Waals surface area contributed by atoms with Gasteiger partial charge in [0.15, 0.2) is 0 Å². The summed E-state index contributed by atoms with van der Waals surface area (Å²) in [5, 5.41) is 0. The van der Waals surface area contributed by atoms with Gasteiger partial charge in [0.2, 0.25) is 10.0 Å². The second kappa shape index (κ2) is 7.61. The SMILES string of the molecule is CS(=O)(=O)N1C[C@H]2CN(CCC3CCCCC3)C[C@H]2[C@@H]1c1ccccc1. The van der Waals surface area contributed by atoms with Crippen molar-refractivity contribution in [2.24, 2.45) is 17.8 Å². The molecule has 2 saturated heterocycles. The van der Waals surface area contributed by atoms with Gasteiger partial charge in [-0.15, -0.1) is 0 Å². The molecule has 144 valence electrons. The van der Waals surface area contributed by atoms with Crippen LogP contribution in [0.4, 0.5) is 0 Å². The van der Waals surface area contributed by atoms with Crippen LogP contribution in [0.25, 0.3) is 0 Å². The number of benzene rings is 1. The normalized spacial score (nSPS) is 31.3. The van der Waals surface area contributed by atoms with Gasteiger partial charge in [-0.1, -0.05) is 62.4 Å². The van der Waals surface area contributed by atoms with Gasteiger partial charge in [0, 0.05) is 19.6 Å². The lowest BCUT2D eigenvalue weighted by Crippen LogP contribution is -2.35. The first kappa shape index (κ1) is 18.5. The molecular weight excluding hydrogens is 344 g/mol. The van der Waals surface area contributed by atoms with Gasteiger partial charge < -0.3 is 4.90 Å². The van der Waals surface area contributed by atoms with Gasteiger partial charge in [-0.05, 0) is 36.3 Å². The minimum absolute atomic E-state index is 0.0101. The summed E-state index contributed by atoms with van der Waals surface area (Å²) in [4.78, 5) is 2.61. The van der Waals surface area contributed by atoms with Crippen molar-refractivity contribution < 1.29 is 8.42 Å². The van der Waals surface area contributed by atoms with E-state index in [1.807, 2.05) is 18.2 Å². The first-order valence-corrected chi connectivity index (χ1v) is 12.1. The molecule has 26 heavy (non-hydrogen) atoms. The molecule has 1 aromatic rings. The second-order valence-electron chi connectivity index (χ2n) is 8.66. The molecule has 1 aliphatic carbocycles. The first-order valence-electron chi connectivity index (χ1n) is 10.3. The molecule has 0 aromatic heterocycles. The number of rotatable bonds is 5. The van der Waals surface area contributed by atoms with E-state index in [0.29, 0.717) is 18.4 Å². The Morgan fingerprint density at radius 3 is 2.42 bits per heavy atom. The van der Waals surface area contributed by atoms with Gasteiger partial charge in [-0.25, -0.2) is 8.42 Å². The number of hydrogen-bond acceptors (Lipinski definition) is 3. The molecule has 0 N–H and O–H groups in total. The third kappa shape index (κ3) is 3.85. The van der Waals surface area contributed by atoms with Gasteiger partial charge in [0.1, 0.15) is 0 Å². The molecule has 4 nitrogen and oxygen atoms in total. The van der Waals surface area contributed by atoms with Crippen molar-refractivity contribution in [1.82, 2.24) is 9.21 Å². The van der Waals surface area contributed by atoms with E-state index >= 15 is 0 Å². The Morgan fingerprint density at radius 1 is 1.00 bits per heavy atom. The fourth-order valence-electron chi connectivity index (χ4n) is 5.53. The molecule has 0 bridgehead atoms. The van der Waals surface area contributed by atoms with E-state index in [1.54, 1.807) is 4.31 Å². The highest BCUT2D eigenvalue weighted by Crippen LogP contribution is 2.46. The highest BCUT2D eigenvalue weighted by molar-refractivity contribution is 7.88. The first-order chi connectivity index (χ1) is 12.5. The summed E-state index contributed by atoms with van der Waals surface area (Å²) < 4.78 is 26.5. The maximum Gasteiger partial charge on any atom is 0.211 e. The lowest BCUT2D eigenvalue weighted by molar-refractivity contribution is 0.234. The smallest absolute Gasteiger partial charge is 0.211 e. The van der Waals surface area contributed by atoms with Gasteiger partial charge in [-0.2, -0.15) is 4.31 Å². The van der Waals surface area contributed by atoms with Crippen LogP contribution in [0.15, 0.2) is 30.3 Å². The van der Waals surface area contributed by atoms with E-state index in [9.17, 15) is 8.42 Å². The third-order valence-electron chi connectivity index (χ3n) is 6.84. The lowest BCUT2D eigenvalue weighted by atomic mass is 9.87. The predicted molar refractivity (Wildman–Crippen MR) is 105 cm³/mol. The largest absolute Gasteiger partial charge is 0.303 e. The molecule has 0 radical (unpaired) electrons. The molecule has 0 unspecified atom stereocenters. The van der Waals surface area contributed by atoms with Crippen molar-refractivity contribution in [3.63, 3.8) is 0 Å². The van der Waals surface area contributed by atoms with Crippen LogP contribution in [0.1, 0.15) is 50.1 Å². The molecule has 0 amide bonds. The van der Waals surface area contributed by atoms with Crippen LogP contribution in [0, 0.1) is 17.8 Å². The average molecular weight is 377 g/mol. The molecule has 3 aliphatic rings. The van der Waals surface area contributed by atoms with Crippen molar-refractivity contribution in [3.8, 4) is 0 Å². The zero-order valence-electron chi connectivity index (χ0n) is 15.9. The summed E-state index contributed by atoms with van der Waals surface area (Å²) in [5.74, 6) is 1.82. The van der Waals surface area contributed by atoms with Crippen molar-refractivity contribution in [2.45, 2.75) is 44.6 Å². The molecule has 5 heteroatoms. The summed E-state index contributed by atoms with van der Waals surface area (Å²) in [6.45, 7) is 3.98. The minimum Gasteiger partial charge on any atom is -0.303 e. The van der Waals surface area contributed by atoms with Crippen LogP contribution in [0.2, 0.25) is 0 Å². The Labute approximate surface area is 158 Å². The Morgan fingerprint density at radius 2 is 1.73 bits per heavy atom. The number of nitrogens with zero attached hydrogens (tertiary/aromatic N) is 2. The molecule has 1 aromatic carbocycles. The van der Waals surface area contributed by atoms with Crippen LogP contribution in [-0.4, -0.2) is 50.1 Å². The van der Waals surface area contributed by atoms with Crippen molar-refractivity contribution in [2.75, 3.05) is 32.4 Å². The molecule has 0 spiro atoms. The Balaban J connectivity index is 1.45. The average Bonchev–Trinajstić information content (AvgIpc) is 3.19. The summed E-state index contributed by atoms with van der Waals surface area (Å²) in [6.07, 6.45) is 9.76. The Hall–Kier alpha value is -0.910. The van der Waals surface area contributed by atoms with E-state index in [0.717, 1.165) is 24.6 Å². The summed E-state index contributed by atoms with van der Waals surface area (Å²) >= 11 is 0. The Kier molecular flexibility index (Phi) is 5.40. The zero-order valence-corrected chi connectivity index (χ0v) is 16.7. The van der Waals surface area contributed by atoms with Gasteiger partial charge in [0.25, 0.3) is 0 Å². The fraction of sp³-hybridized carbons (Fsp3) is 0.714. The predicted octanol–water partition coefficient (Wildman–Crippen LogP) is 3.52. The van der Waals surface area contributed by atoms with Gasteiger partial charge in [0.05, 0.1) is 12.3 Å². The summed E-state index contributed by atoms with van der Waals surface area (Å²) in [5.41, 5.74) is 1.15. The number of likely N-dealkylation sites (tertiary alicyclic amines) is 1. The standard InChI is InChI=1S/C21H32N2O2S/c1-26(24,25)23-15-19-14-22(13-12-17-8-4-2-5-9-17)16-20(19)21(23)18-10-6-3-7-11-18/h3,6-7,10-11,17,19-21H,2,4-5,8-9,12-16H2,1H3/t19-,20-,21+/m1/s1. The summed E-state index contributed by atoms with van der Waals surface area (Å²) in [6, 6.07) is 10.3. The van der Waals surface area contributed by atoms with E-state index in [-0.39, 0.29) is 6.04 Å². The number of fused-ring (bicyclic) bond motifs is 1. The van der Waals surface area contributed by atoms with E-state index in [1.165, 1.54) is 51.3 Å². The maximum absolute atomic E-state index is 12.4. The molecule has 2 heterocycles. The van der Waals surface area contributed by atoms with Crippen LogP contribution >= 0.6 is 0 Å². The van der Waals surface area contributed by atoms with E-state index in [2.05, 4.69) is 17.0 Å². The van der Waals surface area contributed by atoms with Crippen molar-refractivity contribution in [1.29, 1.82) is 0 Å². The van der Waals surface area contributed by atoms with Crippen LogP contribution in [-0.2, 0) is 10.0 Å². The van der Waals surface area contributed by atoms with Gasteiger partial charge in [-0.3, -0.25) is 0 Å². The van der Waals surface area contributed by atoms with Gasteiger partial charge >= 0.3 is 0 Å². The minimum atomic E-state index is -3.17. The second-order valence-corrected chi connectivity index (χ2v) is 10.6. The monoisotopic (exact) mass is 376 g/mol. The number of hydrogen-bond donors (Lipinski definition) is 0. The van der Waals surface area contributed by atoms with Crippen molar-refractivity contribution >= 4 is 10.0 Å². The topological polar surface area (TPSA) is 40.6 Å². The molecule has 4 rings (SSSR count). The molecule has 2 aliphatic heterocycles. The number of sulfonamides is 1. The maximum atomic E-state index is 12.4. The van der Waals surface area contributed by atoms with Crippen LogP contribution < -0.4 is 0 Å². The highest BCUT2D eigenvalue weighted by atomic mass is 32.2. The van der Waals surface area contributed by atoms with Crippen molar-refractivity contribution in [3.05, 3.63) is 35.9 Å². The lowest BCUT2D eigenvalue weighted by Gasteiger charge is -2.29. The summed E-state index contributed by atoms with van der Waals surface area (Å²) in [7, 11) is -3.17. The zero-order chi connectivity index (χ0) is 18.1. The quantitative estimate of drug-likeness (QED) is 0.789. The van der Waals surface area contributed by atoms with Crippen LogP contribution in [0.3, 0.4) is 0 Å². The Bertz CT molecular complexity index is 700. The molecular formula is C21H32N2O2S. The molecule has 3 fully saturated rings. The molecule has 3 atom stereocenters. The van der Waals surface area contributed by atoms with E-state index < -0.39 is 10.0 Å². The van der Waals surface area contributed by atoms with Crippen LogP contribution in [0.5, 0.6) is 0 Å².